The van der Waals surface area contributed by atoms with Gasteiger partial charge >= 0.3 is 0 Å². The summed E-state index contributed by atoms with van der Waals surface area (Å²) < 4.78 is 5.22. The summed E-state index contributed by atoms with van der Waals surface area (Å²) in [6.07, 6.45) is 7.49. The zero-order chi connectivity index (χ0) is 10.5. The highest BCUT2D eigenvalue weighted by atomic mass is 16.3. The molecule has 0 saturated heterocycles. The van der Waals surface area contributed by atoms with Crippen LogP contribution >= 0.6 is 0 Å². The van der Waals surface area contributed by atoms with Gasteiger partial charge in [-0.1, -0.05) is 43.0 Å². The molecule has 0 amide bonds. The Hall–Kier alpha value is -2.02. The van der Waals surface area contributed by atoms with Crippen LogP contribution in [0, 0.1) is 0 Å². The Balaban J connectivity index is 2.27. The fourth-order valence-corrected chi connectivity index (χ4v) is 1.41. The first kappa shape index (κ1) is 9.53. The van der Waals surface area contributed by atoms with Crippen LogP contribution in [0.25, 0.3) is 18.2 Å². The molecule has 0 spiro atoms. The van der Waals surface area contributed by atoms with Crippen molar-refractivity contribution in [1.82, 2.24) is 0 Å². The van der Waals surface area contributed by atoms with Gasteiger partial charge in [0.05, 0.1) is 6.26 Å². The summed E-state index contributed by atoms with van der Waals surface area (Å²) in [5.74, 6) is 0.855. The molecule has 0 aliphatic heterocycles. The first-order chi connectivity index (χ1) is 7.40. The standard InChI is InChI=1S/C14H12O/c1-2-12-6-3-4-7-13(12)9-10-14-8-5-11-15-14/h2-11H,1H2/b10-9-. The Labute approximate surface area is 89.4 Å². The van der Waals surface area contributed by atoms with E-state index in [4.69, 9.17) is 4.42 Å². The SMILES string of the molecule is C=Cc1ccccc1/C=C\c1ccco1. The zero-order valence-corrected chi connectivity index (χ0v) is 8.39. The maximum absolute atomic E-state index is 5.22. The Kier molecular flexibility index (Phi) is 2.84. The van der Waals surface area contributed by atoms with Crippen LogP contribution in [-0.4, -0.2) is 0 Å². The van der Waals surface area contributed by atoms with Crippen LogP contribution < -0.4 is 0 Å². The van der Waals surface area contributed by atoms with Crippen molar-refractivity contribution < 1.29 is 4.42 Å². The van der Waals surface area contributed by atoms with Crippen LogP contribution in [-0.2, 0) is 0 Å². The van der Waals surface area contributed by atoms with Gasteiger partial charge < -0.3 is 4.42 Å². The van der Waals surface area contributed by atoms with E-state index in [1.54, 1.807) is 6.26 Å². The third-order valence-electron chi connectivity index (χ3n) is 2.19. The minimum atomic E-state index is 0.855. The van der Waals surface area contributed by atoms with Crippen LogP contribution in [0.2, 0.25) is 0 Å². The van der Waals surface area contributed by atoms with E-state index in [-0.39, 0.29) is 0 Å². The van der Waals surface area contributed by atoms with E-state index >= 15 is 0 Å². The van der Waals surface area contributed by atoms with E-state index in [2.05, 4.69) is 12.6 Å². The molecule has 0 aliphatic rings. The maximum Gasteiger partial charge on any atom is 0.126 e. The molecular formula is C14H12O. The minimum Gasteiger partial charge on any atom is -0.465 e. The molecule has 2 rings (SSSR count). The second-order valence-electron chi connectivity index (χ2n) is 3.18. The van der Waals surface area contributed by atoms with Gasteiger partial charge in [-0.05, 0) is 29.3 Å². The monoisotopic (exact) mass is 196 g/mol. The predicted octanol–water partition coefficient (Wildman–Crippen LogP) is 4.09. The van der Waals surface area contributed by atoms with E-state index < -0.39 is 0 Å². The predicted molar refractivity (Wildman–Crippen MR) is 64.2 cm³/mol. The smallest absolute Gasteiger partial charge is 0.126 e. The van der Waals surface area contributed by atoms with Gasteiger partial charge in [0.2, 0.25) is 0 Å². The van der Waals surface area contributed by atoms with Gasteiger partial charge in [-0.25, -0.2) is 0 Å². The molecule has 0 saturated carbocycles. The summed E-state index contributed by atoms with van der Waals surface area (Å²) in [6, 6.07) is 11.9. The van der Waals surface area contributed by atoms with Crippen LogP contribution in [0.15, 0.2) is 53.7 Å². The van der Waals surface area contributed by atoms with Crippen molar-refractivity contribution in [3.8, 4) is 0 Å². The van der Waals surface area contributed by atoms with E-state index in [1.807, 2.05) is 48.6 Å². The Bertz CT molecular complexity index is 464. The Morgan fingerprint density at radius 1 is 0.933 bits per heavy atom. The Morgan fingerprint density at radius 2 is 1.73 bits per heavy atom. The molecule has 0 fully saturated rings. The second kappa shape index (κ2) is 4.47. The first-order valence-corrected chi connectivity index (χ1v) is 4.83. The fourth-order valence-electron chi connectivity index (χ4n) is 1.41. The summed E-state index contributed by atoms with van der Waals surface area (Å²) in [5.41, 5.74) is 2.27. The molecule has 2 aromatic rings. The van der Waals surface area contributed by atoms with Crippen molar-refractivity contribution in [1.29, 1.82) is 0 Å². The highest BCUT2D eigenvalue weighted by Gasteiger charge is 1.93. The molecular weight excluding hydrogens is 184 g/mol. The third kappa shape index (κ3) is 2.26. The first-order valence-electron chi connectivity index (χ1n) is 4.83. The minimum absolute atomic E-state index is 0.855. The van der Waals surface area contributed by atoms with Crippen molar-refractivity contribution in [2.75, 3.05) is 0 Å². The lowest BCUT2D eigenvalue weighted by atomic mass is 10.1. The second-order valence-corrected chi connectivity index (χ2v) is 3.18. The number of furan rings is 1. The zero-order valence-electron chi connectivity index (χ0n) is 8.39. The van der Waals surface area contributed by atoms with Crippen molar-refractivity contribution >= 4 is 18.2 Å². The molecule has 0 radical (unpaired) electrons. The van der Waals surface area contributed by atoms with Gasteiger partial charge in [0.25, 0.3) is 0 Å². The van der Waals surface area contributed by atoms with E-state index in [0.29, 0.717) is 0 Å². The molecule has 0 N–H and O–H groups in total. The highest BCUT2D eigenvalue weighted by molar-refractivity contribution is 5.73. The number of benzene rings is 1. The van der Waals surface area contributed by atoms with Crippen molar-refractivity contribution in [3.05, 3.63) is 66.1 Å². The van der Waals surface area contributed by atoms with Crippen LogP contribution in [0.5, 0.6) is 0 Å². The lowest BCUT2D eigenvalue weighted by Crippen LogP contribution is -1.77. The van der Waals surface area contributed by atoms with Gasteiger partial charge in [0, 0.05) is 0 Å². The van der Waals surface area contributed by atoms with Crippen molar-refractivity contribution in [3.63, 3.8) is 0 Å². The normalized spacial score (nSPS) is 10.7. The number of hydrogen-bond donors (Lipinski definition) is 0. The number of hydrogen-bond acceptors (Lipinski definition) is 1. The third-order valence-corrected chi connectivity index (χ3v) is 2.19. The van der Waals surface area contributed by atoms with Gasteiger partial charge in [-0.3, -0.25) is 0 Å². The van der Waals surface area contributed by atoms with Crippen LogP contribution in [0.3, 0.4) is 0 Å². The molecule has 0 unspecified atom stereocenters. The van der Waals surface area contributed by atoms with Crippen molar-refractivity contribution in [2.45, 2.75) is 0 Å². The molecule has 1 aromatic carbocycles. The molecule has 0 atom stereocenters. The van der Waals surface area contributed by atoms with Gasteiger partial charge in [-0.15, -0.1) is 0 Å². The van der Waals surface area contributed by atoms with E-state index in [0.717, 1.165) is 16.9 Å². The summed E-state index contributed by atoms with van der Waals surface area (Å²) in [4.78, 5) is 0. The molecule has 0 aliphatic carbocycles. The highest BCUT2D eigenvalue weighted by Crippen LogP contribution is 2.14. The Morgan fingerprint density at radius 3 is 2.40 bits per heavy atom. The van der Waals surface area contributed by atoms with E-state index in [1.165, 1.54) is 0 Å². The fraction of sp³-hybridized carbons (Fsp3) is 0. The van der Waals surface area contributed by atoms with Crippen LogP contribution in [0.1, 0.15) is 16.9 Å². The van der Waals surface area contributed by atoms with Gasteiger partial charge in [0.1, 0.15) is 5.76 Å². The quantitative estimate of drug-likeness (QED) is 0.720. The van der Waals surface area contributed by atoms with E-state index in [9.17, 15) is 0 Å². The summed E-state index contributed by atoms with van der Waals surface area (Å²) in [5, 5.41) is 0. The topological polar surface area (TPSA) is 13.1 Å². The average molecular weight is 196 g/mol. The molecule has 1 aromatic heterocycles. The molecule has 1 heteroatoms. The molecule has 1 heterocycles. The van der Waals surface area contributed by atoms with Gasteiger partial charge in [0.15, 0.2) is 0 Å². The lowest BCUT2D eigenvalue weighted by molar-refractivity contribution is 0.557. The molecule has 0 bridgehead atoms. The molecule has 74 valence electrons. The van der Waals surface area contributed by atoms with Crippen LogP contribution in [0.4, 0.5) is 0 Å². The molecule has 1 nitrogen and oxygen atoms in total. The molecule has 15 heavy (non-hydrogen) atoms. The maximum atomic E-state index is 5.22. The van der Waals surface area contributed by atoms with Gasteiger partial charge in [-0.2, -0.15) is 0 Å². The van der Waals surface area contributed by atoms with Crippen molar-refractivity contribution in [2.24, 2.45) is 0 Å². The summed E-state index contributed by atoms with van der Waals surface area (Å²) in [6.45, 7) is 3.78. The average Bonchev–Trinajstić information content (AvgIpc) is 2.79. The summed E-state index contributed by atoms with van der Waals surface area (Å²) >= 11 is 0. The largest absolute Gasteiger partial charge is 0.465 e. The number of rotatable bonds is 3. The lowest BCUT2D eigenvalue weighted by Gasteiger charge is -1.98. The summed E-state index contributed by atoms with van der Waals surface area (Å²) in [7, 11) is 0.